The Morgan fingerprint density at radius 3 is 2.20 bits per heavy atom. The zero-order valence-corrected chi connectivity index (χ0v) is 24.2. The van der Waals surface area contributed by atoms with Crippen LogP contribution < -0.4 is 15.0 Å². The molecular formula is C36H38N2O3. The van der Waals surface area contributed by atoms with Gasteiger partial charge < -0.3 is 19.7 Å². The first-order valence-corrected chi connectivity index (χ1v) is 15.0. The molecule has 0 aromatic heterocycles. The second-order valence-corrected chi connectivity index (χ2v) is 10.9. The SMILES string of the molecule is CCCCN(CCCC)c1ccc2c(c1)Oc1cc(CC)c(Nc3ccccc3)cc1C21OC(=O)c2ccccc21. The maximum absolute atomic E-state index is 13.4. The molecule has 1 atom stereocenters. The molecule has 1 unspecified atom stereocenters. The van der Waals surface area contributed by atoms with Crippen LogP contribution in [0.1, 0.15) is 79.1 Å². The Hall–Kier alpha value is -4.25. The van der Waals surface area contributed by atoms with Gasteiger partial charge in [-0.25, -0.2) is 4.79 Å². The third-order valence-electron chi connectivity index (χ3n) is 8.28. The van der Waals surface area contributed by atoms with Gasteiger partial charge in [-0.3, -0.25) is 0 Å². The lowest BCUT2D eigenvalue weighted by molar-refractivity contribution is 0.0224. The molecule has 210 valence electrons. The third-order valence-corrected chi connectivity index (χ3v) is 8.28. The highest BCUT2D eigenvalue weighted by Gasteiger charge is 2.53. The molecule has 0 fully saturated rings. The predicted octanol–water partition coefficient (Wildman–Crippen LogP) is 8.97. The fourth-order valence-electron chi connectivity index (χ4n) is 6.10. The Kier molecular flexibility index (Phi) is 7.44. The standard InChI is InChI=1S/C36H38N2O3/c1-4-7-20-38(21-8-5-2)27-18-19-30-34(23-27)40-33-22-25(6-3)32(37-26-14-10-9-11-15-26)24-31(33)36(30)29-17-13-12-16-28(29)35(39)41-36/h9-19,22-24,37H,4-8,20-21H2,1-3H3. The highest BCUT2D eigenvalue weighted by atomic mass is 16.6. The van der Waals surface area contributed by atoms with Crippen LogP contribution in [0.25, 0.3) is 0 Å². The lowest BCUT2D eigenvalue weighted by Crippen LogP contribution is -2.33. The van der Waals surface area contributed by atoms with Crippen LogP contribution in [0, 0.1) is 0 Å². The van der Waals surface area contributed by atoms with E-state index in [0.717, 1.165) is 96.0 Å². The molecule has 6 rings (SSSR count). The molecule has 4 aromatic rings. The topological polar surface area (TPSA) is 50.8 Å². The molecule has 41 heavy (non-hydrogen) atoms. The van der Waals surface area contributed by atoms with Crippen molar-refractivity contribution in [3.8, 4) is 11.5 Å². The van der Waals surface area contributed by atoms with Gasteiger partial charge in [0, 0.05) is 52.9 Å². The molecule has 4 aromatic carbocycles. The van der Waals surface area contributed by atoms with Crippen LogP contribution in [-0.2, 0) is 16.8 Å². The van der Waals surface area contributed by atoms with E-state index in [-0.39, 0.29) is 5.97 Å². The van der Waals surface area contributed by atoms with Crippen LogP contribution in [0.4, 0.5) is 17.1 Å². The maximum Gasteiger partial charge on any atom is 0.340 e. The summed E-state index contributed by atoms with van der Waals surface area (Å²) in [7, 11) is 0. The van der Waals surface area contributed by atoms with Gasteiger partial charge in [0.1, 0.15) is 11.5 Å². The molecule has 0 amide bonds. The number of fused-ring (bicyclic) bond motifs is 6. The van der Waals surface area contributed by atoms with E-state index in [1.807, 2.05) is 42.5 Å². The lowest BCUT2D eigenvalue weighted by Gasteiger charge is -2.38. The number of hydrogen-bond donors (Lipinski definition) is 1. The Labute approximate surface area is 243 Å². The minimum absolute atomic E-state index is 0.312. The van der Waals surface area contributed by atoms with Crippen LogP contribution in [0.5, 0.6) is 11.5 Å². The number of ether oxygens (including phenoxy) is 2. The second kappa shape index (κ2) is 11.3. The smallest absolute Gasteiger partial charge is 0.340 e. The van der Waals surface area contributed by atoms with Gasteiger partial charge in [0.2, 0.25) is 0 Å². The van der Waals surface area contributed by atoms with Crippen molar-refractivity contribution in [2.75, 3.05) is 23.3 Å². The minimum atomic E-state index is -1.09. The Morgan fingerprint density at radius 1 is 0.756 bits per heavy atom. The first-order valence-electron chi connectivity index (χ1n) is 15.0. The molecular weight excluding hydrogens is 508 g/mol. The van der Waals surface area contributed by atoms with Crippen LogP contribution in [-0.4, -0.2) is 19.1 Å². The summed E-state index contributed by atoms with van der Waals surface area (Å²) >= 11 is 0. The molecule has 2 aliphatic rings. The molecule has 5 nitrogen and oxygen atoms in total. The van der Waals surface area contributed by atoms with Crippen LogP contribution >= 0.6 is 0 Å². The first-order chi connectivity index (χ1) is 20.1. The van der Waals surface area contributed by atoms with Gasteiger partial charge in [-0.05, 0) is 67.3 Å². The maximum atomic E-state index is 13.4. The number of para-hydroxylation sites is 1. The number of hydrogen-bond acceptors (Lipinski definition) is 5. The number of esters is 1. The fraction of sp³-hybridized carbons (Fsp3) is 0.306. The molecule has 0 radical (unpaired) electrons. The number of nitrogens with one attached hydrogen (secondary N) is 1. The monoisotopic (exact) mass is 546 g/mol. The van der Waals surface area contributed by atoms with Gasteiger partial charge >= 0.3 is 5.97 Å². The van der Waals surface area contributed by atoms with E-state index in [1.54, 1.807) is 0 Å². The normalized spacial score (nSPS) is 16.4. The van der Waals surface area contributed by atoms with Crippen LogP contribution in [0.15, 0.2) is 84.9 Å². The van der Waals surface area contributed by atoms with Crippen molar-refractivity contribution in [3.63, 3.8) is 0 Å². The van der Waals surface area contributed by atoms with Gasteiger partial charge in [-0.1, -0.05) is 70.0 Å². The molecule has 0 aliphatic carbocycles. The zero-order valence-electron chi connectivity index (χ0n) is 24.2. The van der Waals surface area contributed by atoms with Gasteiger partial charge in [-0.2, -0.15) is 0 Å². The fourth-order valence-corrected chi connectivity index (χ4v) is 6.10. The summed E-state index contributed by atoms with van der Waals surface area (Å²) in [5, 5.41) is 3.60. The number of carbonyl (C=O) groups is 1. The minimum Gasteiger partial charge on any atom is -0.456 e. The molecule has 2 heterocycles. The van der Waals surface area contributed by atoms with E-state index >= 15 is 0 Å². The van der Waals surface area contributed by atoms with E-state index in [4.69, 9.17) is 9.47 Å². The Balaban J connectivity index is 1.53. The number of rotatable bonds is 10. The summed E-state index contributed by atoms with van der Waals surface area (Å²) in [6, 6.07) is 28.5. The van der Waals surface area contributed by atoms with Crippen molar-refractivity contribution in [2.45, 2.75) is 58.5 Å². The van der Waals surface area contributed by atoms with Crippen LogP contribution in [0.3, 0.4) is 0 Å². The van der Waals surface area contributed by atoms with Crippen LogP contribution in [0.2, 0.25) is 0 Å². The summed E-state index contributed by atoms with van der Waals surface area (Å²) < 4.78 is 13.2. The van der Waals surface area contributed by atoms with Gasteiger partial charge in [0.15, 0.2) is 5.60 Å². The summed E-state index contributed by atoms with van der Waals surface area (Å²) in [6.45, 7) is 8.61. The molecule has 2 aliphatic heterocycles. The summed E-state index contributed by atoms with van der Waals surface area (Å²) in [4.78, 5) is 15.8. The number of benzene rings is 4. The second-order valence-electron chi connectivity index (χ2n) is 10.9. The summed E-state index contributed by atoms with van der Waals surface area (Å²) in [5.74, 6) is 1.15. The largest absolute Gasteiger partial charge is 0.456 e. The molecule has 5 heteroatoms. The molecule has 1 spiro atoms. The average molecular weight is 547 g/mol. The van der Waals surface area contributed by atoms with E-state index in [9.17, 15) is 4.79 Å². The first kappa shape index (κ1) is 26.9. The molecule has 0 saturated carbocycles. The average Bonchev–Trinajstić information content (AvgIpc) is 3.30. The highest BCUT2D eigenvalue weighted by molar-refractivity contribution is 5.97. The molecule has 0 saturated heterocycles. The molecule has 0 bridgehead atoms. The quantitative estimate of drug-likeness (QED) is 0.201. The number of aryl methyl sites for hydroxylation is 1. The van der Waals surface area contributed by atoms with Crippen molar-refractivity contribution in [3.05, 3.63) is 113 Å². The van der Waals surface area contributed by atoms with Gasteiger partial charge in [-0.15, -0.1) is 0 Å². The number of carbonyl (C=O) groups excluding carboxylic acids is 1. The highest BCUT2D eigenvalue weighted by Crippen LogP contribution is 2.57. The third kappa shape index (κ3) is 4.73. The van der Waals surface area contributed by atoms with E-state index in [2.05, 4.69) is 73.5 Å². The number of unbranched alkanes of at least 4 members (excludes halogenated alkanes) is 2. The molecule has 1 N–H and O–H groups in total. The van der Waals surface area contributed by atoms with E-state index in [0.29, 0.717) is 5.56 Å². The lowest BCUT2D eigenvalue weighted by atomic mass is 9.77. The van der Waals surface area contributed by atoms with E-state index in [1.165, 1.54) is 0 Å². The number of nitrogens with zero attached hydrogens (tertiary/aromatic N) is 1. The zero-order chi connectivity index (χ0) is 28.4. The van der Waals surface area contributed by atoms with Gasteiger partial charge in [0.25, 0.3) is 0 Å². The van der Waals surface area contributed by atoms with Gasteiger partial charge in [0.05, 0.1) is 5.56 Å². The summed E-state index contributed by atoms with van der Waals surface area (Å²) in [5.41, 5.74) is 6.30. The van der Waals surface area contributed by atoms with E-state index < -0.39 is 5.60 Å². The van der Waals surface area contributed by atoms with Crippen molar-refractivity contribution in [1.29, 1.82) is 0 Å². The Bertz CT molecular complexity index is 1560. The Morgan fingerprint density at radius 2 is 1.46 bits per heavy atom. The van der Waals surface area contributed by atoms with Crippen molar-refractivity contribution in [1.82, 2.24) is 0 Å². The summed E-state index contributed by atoms with van der Waals surface area (Å²) in [6.07, 6.45) is 5.38. The van der Waals surface area contributed by atoms with Crippen molar-refractivity contribution in [2.24, 2.45) is 0 Å². The van der Waals surface area contributed by atoms with Crippen molar-refractivity contribution < 1.29 is 14.3 Å². The number of anilines is 3. The predicted molar refractivity (Wildman–Crippen MR) is 166 cm³/mol. The van der Waals surface area contributed by atoms with Crippen molar-refractivity contribution >= 4 is 23.0 Å².